The smallest absolute Gasteiger partial charge is 0.133 e. The monoisotopic (exact) mass is 441 g/mol. The van der Waals surface area contributed by atoms with Crippen LogP contribution in [-0.2, 0) is 13.1 Å². The van der Waals surface area contributed by atoms with Crippen molar-refractivity contribution < 1.29 is 9.47 Å². The van der Waals surface area contributed by atoms with Gasteiger partial charge in [-0.3, -0.25) is 4.98 Å². The summed E-state index contributed by atoms with van der Waals surface area (Å²) in [5.41, 5.74) is 4.20. The van der Waals surface area contributed by atoms with E-state index in [4.69, 9.17) is 9.47 Å². The molecule has 2 aromatic heterocycles. The van der Waals surface area contributed by atoms with Gasteiger partial charge in [0.1, 0.15) is 18.0 Å². The normalized spacial score (nSPS) is 10.3. The Labute approximate surface area is 189 Å². The van der Waals surface area contributed by atoms with Gasteiger partial charge in [0.2, 0.25) is 0 Å². The molecule has 3 rings (SSSR count). The van der Waals surface area contributed by atoms with E-state index >= 15 is 0 Å². The molecule has 166 valence electrons. The summed E-state index contributed by atoms with van der Waals surface area (Å²) >= 11 is 1.60. The van der Waals surface area contributed by atoms with Crippen molar-refractivity contribution in [3.8, 4) is 11.5 Å². The third kappa shape index (κ3) is 6.10. The number of pyridine rings is 1. The molecule has 0 fully saturated rings. The molecule has 0 bridgehead atoms. The van der Waals surface area contributed by atoms with Crippen molar-refractivity contribution in [3.63, 3.8) is 0 Å². The summed E-state index contributed by atoms with van der Waals surface area (Å²) in [7, 11) is 3.30. The van der Waals surface area contributed by atoms with E-state index in [2.05, 4.69) is 28.6 Å². The molecule has 3 aromatic rings. The van der Waals surface area contributed by atoms with Crippen LogP contribution in [0.4, 0.5) is 0 Å². The number of hydrogen-bond acceptors (Lipinski definition) is 6. The average molecular weight is 442 g/mol. The quantitative estimate of drug-likeness (QED) is 0.378. The van der Waals surface area contributed by atoms with Gasteiger partial charge in [-0.05, 0) is 55.3 Å². The second-order valence-electron chi connectivity index (χ2n) is 7.05. The summed E-state index contributed by atoms with van der Waals surface area (Å²) in [6.45, 7) is 9.15. The van der Waals surface area contributed by atoms with Crippen LogP contribution < -0.4 is 9.47 Å². The van der Waals surface area contributed by atoms with E-state index in [1.165, 1.54) is 6.42 Å². The van der Waals surface area contributed by atoms with E-state index in [1.807, 2.05) is 44.2 Å². The first-order valence-corrected chi connectivity index (χ1v) is 11.1. The summed E-state index contributed by atoms with van der Waals surface area (Å²) in [5.74, 6) is 1.54. The third-order valence-corrected chi connectivity index (χ3v) is 6.01. The molecule has 0 N–H and O–H groups in total. The number of methoxy groups -OCH3 is 2. The summed E-state index contributed by atoms with van der Waals surface area (Å²) < 4.78 is 13.1. The van der Waals surface area contributed by atoms with E-state index in [9.17, 15) is 4.91 Å². The maximum Gasteiger partial charge on any atom is 0.133 e. The fourth-order valence-corrected chi connectivity index (χ4v) is 4.40. The second-order valence-corrected chi connectivity index (χ2v) is 8.08. The van der Waals surface area contributed by atoms with Crippen LogP contribution in [0.25, 0.3) is 0 Å². The Morgan fingerprint density at radius 1 is 1.06 bits per heavy atom. The van der Waals surface area contributed by atoms with E-state index < -0.39 is 0 Å². The van der Waals surface area contributed by atoms with Crippen LogP contribution in [0.15, 0.2) is 57.8 Å². The van der Waals surface area contributed by atoms with Crippen LogP contribution in [0.5, 0.6) is 11.5 Å². The van der Waals surface area contributed by atoms with Gasteiger partial charge in [-0.25, -0.2) is 0 Å². The highest BCUT2D eigenvalue weighted by Gasteiger charge is 2.20. The molecule has 0 saturated carbocycles. The van der Waals surface area contributed by atoms with E-state index in [0.29, 0.717) is 6.54 Å². The lowest BCUT2D eigenvalue weighted by molar-refractivity contribution is 0.394. The maximum atomic E-state index is 11.0. The van der Waals surface area contributed by atoms with Gasteiger partial charge in [-0.1, -0.05) is 37.2 Å². The fourth-order valence-electron chi connectivity index (χ4n) is 3.18. The molecule has 0 saturated heterocycles. The van der Waals surface area contributed by atoms with Crippen molar-refractivity contribution in [1.29, 1.82) is 0 Å². The number of aromatic nitrogens is 2. The van der Waals surface area contributed by atoms with E-state index in [0.717, 1.165) is 43.8 Å². The molecule has 0 unspecified atom stereocenters. The fraction of sp³-hybridized carbons (Fsp3) is 0.375. The highest BCUT2D eigenvalue weighted by atomic mass is 32.2. The SMILES string of the molecule is CCC.COc1ccc(OC)c(Sc2c(C)c(CN=O)c(C)n2Cc2ccncc2)c1. The van der Waals surface area contributed by atoms with Crippen LogP contribution in [0.1, 0.15) is 42.7 Å². The number of hydrogen-bond donors (Lipinski definition) is 0. The minimum absolute atomic E-state index is 0.157. The Morgan fingerprint density at radius 2 is 1.74 bits per heavy atom. The zero-order valence-electron chi connectivity index (χ0n) is 19.1. The van der Waals surface area contributed by atoms with Crippen molar-refractivity contribution in [1.82, 2.24) is 9.55 Å². The predicted molar refractivity (Wildman–Crippen MR) is 126 cm³/mol. The van der Waals surface area contributed by atoms with E-state index in [1.54, 1.807) is 38.4 Å². The minimum atomic E-state index is 0.157. The van der Waals surface area contributed by atoms with Crippen molar-refractivity contribution >= 4 is 11.8 Å². The summed E-state index contributed by atoms with van der Waals surface area (Å²) in [6.07, 6.45) is 4.82. The van der Waals surface area contributed by atoms with Gasteiger partial charge in [0, 0.05) is 30.2 Å². The first kappa shape index (κ1) is 24.5. The van der Waals surface area contributed by atoms with Gasteiger partial charge in [-0.2, -0.15) is 4.91 Å². The van der Waals surface area contributed by atoms with Gasteiger partial charge in [0.05, 0.1) is 24.1 Å². The molecule has 31 heavy (non-hydrogen) atoms. The Hall–Kier alpha value is -2.80. The first-order valence-electron chi connectivity index (χ1n) is 10.3. The second kappa shape index (κ2) is 12.2. The number of rotatable bonds is 8. The van der Waals surface area contributed by atoms with Crippen molar-refractivity contribution in [2.45, 2.75) is 57.1 Å². The van der Waals surface area contributed by atoms with Crippen LogP contribution in [0.3, 0.4) is 0 Å². The average Bonchev–Trinajstić information content (AvgIpc) is 2.99. The molecule has 0 amide bonds. The molecule has 0 aliphatic heterocycles. The molecule has 0 aliphatic rings. The van der Waals surface area contributed by atoms with Crippen molar-refractivity contribution in [2.24, 2.45) is 5.18 Å². The molecular formula is C24H31N3O3S. The highest BCUT2D eigenvalue weighted by molar-refractivity contribution is 7.99. The Balaban J connectivity index is 0.00000107. The van der Waals surface area contributed by atoms with Gasteiger partial charge >= 0.3 is 0 Å². The summed E-state index contributed by atoms with van der Waals surface area (Å²) in [5, 5.41) is 4.19. The molecule has 2 heterocycles. The molecule has 6 nitrogen and oxygen atoms in total. The molecule has 7 heteroatoms. The molecular weight excluding hydrogens is 410 g/mol. The number of benzene rings is 1. The molecule has 0 aliphatic carbocycles. The number of ether oxygens (including phenoxy) is 2. The van der Waals surface area contributed by atoms with Gasteiger partial charge in [-0.15, -0.1) is 0 Å². The first-order chi connectivity index (χ1) is 15.0. The molecule has 0 radical (unpaired) electrons. The lowest BCUT2D eigenvalue weighted by Crippen LogP contribution is -2.04. The zero-order chi connectivity index (χ0) is 22.8. The topological polar surface area (TPSA) is 65.7 Å². The van der Waals surface area contributed by atoms with Gasteiger partial charge < -0.3 is 14.0 Å². The van der Waals surface area contributed by atoms with Gasteiger partial charge in [0.25, 0.3) is 0 Å². The lowest BCUT2D eigenvalue weighted by atomic mass is 10.2. The Kier molecular flexibility index (Phi) is 9.59. The number of nitrogens with zero attached hydrogens (tertiary/aromatic N) is 3. The van der Waals surface area contributed by atoms with Crippen molar-refractivity contribution in [3.05, 3.63) is 70.0 Å². The largest absolute Gasteiger partial charge is 0.497 e. The molecule has 1 aromatic carbocycles. The summed E-state index contributed by atoms with van der Waals surface area (Å²) in [4.78, 5) is 16.0. The standard InChI is InChI=1S/C21H23N3O3S.C3H8/c1-14-18(12-23-25)15(2)24(13-16-7-9-22-10-8-16)21(14)28-20-11-17(26-3)5-6-19(20)27-4;1-3-2/h5-11H,12-13H2,1-4H3;3H2,1-2H3. The van der Waals surface area contributed by atoms with Crippen LogP contribution in [0.2, 0.25) is 0 Å². The Bertz CT molecular complexity index is 987. The zero-order valence-corrected chi connectivity index (χ0v) is 20.0. The van der Waals surface area contributed by atoms with Crippen LogP contribution >= 0.6 is 11.8 Å². The number of nitroso groups, excluding NO2 is 1. The highest BCUT2D eigenvalue weighted by Crippen LogP contribution is 2.41. The molecule has 0 atom stereocenters. The minimum Gasteiger partial charge on any atom is -0.497 e. The van der Waals surface area contributed by atoms with Crippen LogP contribution in [0, 0.1) is 18.8 Å². The maximum absolute atomic E-state index is 11.0. The third-order valence-electron chi connectivity index (χ3n) is 4.75. The lowest BCUT2D eigenvalue weighted by Gasteiger charge is -2.14. The van der Waals surface area contributed by atoms with Crippen LogP contribution in [-0.4, -0.2) is 23.8 Å². The molecule has 0 spiro atoms. The Morgan fingerprint density at radius 3 is 2.32 bits per heavy atom. The van der Waals surface area contributed by atoms with Gasteiger partial charge in [0.15, 0.2) is 0 Å². The predicted octanol–water partition coefficient (Wildman–Crippen LogP) is 6.40. The summed E-state index contributed by atoms with van der Waals surface area (Å²) in [6, 6.07) is 9.71. The van der Waals surface area contributed by atoms with Crippen molar-refractivity contribution in [2.75, 3.05) is 14.2 Å². The van der Waals surface area contributed by atoms with E-state index in [-0.39, 0.29) is 6.54 Å².